The second-order valence-electron chi connectivity index (χ2n) is 3.54. The molecule has 0 fully saturated rings. The van der Waals surface area contributed by atoms with Crippen LogP contribution in [0.5, 0.6) is 0 Å². The van der Waals surface area contributed by atoms with Gasteiger partial charge in [-0.3, -0.25) is 0 Å². The quantitative estimate of drug-likeness (QED) is 0.397. The second-order valence-corrected chi connectivity index (χ2v) is 7.92. The van der Waals surface area contributed by atoms with E-state index in [4.69, 9.17) is 46.4 Å². The van der Waals surface area contributed by atoms with Gasteiger partial charge in [0.1, 0.15) is 0 Å². The molecule has 0 unspecified atom stereocenters. The first kappa shape index (κ1) is 14.7. The fourth-order valence-electron chi connectivity index (χ4n) is 1.35. The zero-order valence-electron chi connectivity index (χ0n) is 9.06. The summed E-state index contributed by atoms with van der Waals surface area (Å²) in [5.74, 6) is 0.488. The van der Waals surface area contributed by atoms with Crippen molar-refractivity contribution in [2.75, 3.05) is 0 Å². The molecule has 2 aromatic carbocycles. The van der Waals surface area contributed by atoms with Crippen LogP contribution in [0.1, 0.15) is 5.56 Å². The first-order valence-electron chi connectivity index (χ1n) is 5.04. The predicted molar refractivity (Wildman–Crippen MR) is 74.9 cm³/mol. The maximum absolute atomic E-state index is 6.20. The molecule has 0 amide bonds. The molecule has 0 radical (unpaired) electrons. The predicted octanol–water partition coefficient (Wildman–Crippen LogP) is 2.51. The minimum Gasteiger partial charge on any atom is -0.122 e. The van der Waals surface area contributed by atoms with Crippen LogP contribution in [-0.4, -0.2) is 0 Å². The van der Waals surface area contributed by atoms with E-state index in [1.165, 1.54) is 0 Å². The number of rotatable bonds is 3. The van der Waals surface area contributed by atoms with E-state index >= 15 is 0 Å². The monoisotopic (exact) mass is 431 g/mol. The van der Waals surface area contributed by atoms with Crippen molar-refractivity contribution in [3.63, 3.8) is 0 Å². The summed E-state index contributed by atoms with van der Waals surface area (Å²) in [6, 6.07) is 11.4. The highest BCUT2D eigenvalue weighted by Gasteiger charge is 2.22. The van der Waals surface area contributed by atoms with Crippen LogP contribution in [0.3, 0.4) is 0 Å². The van der Waals surface area contributed by atoms with Crippen molar-refractivity contribution in [3.05, 3.63) is 64.2 Å². The van der Waals surface area contributed by atoms with Crippen molar-refractivity contribution >= 4 is 46.4 Å². The molecule has 0 aliphatic carbocycles. The highest BCUT2D eigenvalue weighted by molar-refractivity contribution is 6.34. The lowest BCUT2D eigenvalue weighted by Gasteiger charge is -1.97. The van der Waals surface area contributed by atoms with Gasteiger partial charge in [0, 0.05) is 10.9 Å². The Bertz CT molecular complexity index is 569. The van der Waals surface area contributed by atoms with E-state index in [-0.39, 0.29) is 0 Å². The first-order valence-corrected chi connectivity index (χ1v) is 8.87. The molecule has 0 bridgehead atoms. The van der Waals surface area contributed by atoms with Crippen LogP contribution in [0.4, 0.5) is 0 Å². The highest BCUT2D eigenvalue weighted by atomic mass is 127. The Morgan fingerprint density at radius 3 is 2.28 bits per heavy atom. The SMILES string of the molecule is ClCc1ccc(Cl)c([I+]c2ccc(Cl)cc2Cl)c1. The van der Waals surface area contributed by atoms with Crippen molar-refractivity contribution in [1.82, 2.24) is 0 Å². The number of alkyl halides is 1. The molecule has 0 saturated carbocycles. The molecule has 94 valence electrons. The van der Waals surface area contributed by atoms with E-state index in [9.17, 15) is 0 Å². The van der Waals surface area contributed by atoms with E-state index in [1.807, 2.05) is 30.3 Å². The van der Waals surface area contributed by atoms with E-state index in [1.54, 1.807) is 6.07 Å². The lowest BCUT2D eigenvalue weighted by atomic mass is 10.2. The molecule has 18 heavy (non-hydrogen) atoms. The van der Waals surface area contributed by atoms with E-state index in [0.717, 1.165) is 17.7 Å². The van der Waals surface area contributed by atoms with Gasteiger partial charge >= 0.3 is 21.2 Å². The molecule has 0 aliphatic heterocycles. The summed E-state index contributed by atoms with van der Waals surface area (Å²) in [4.78, 5) is 0. The van der Waals surface area contributed by atoms with E-state index in [0.29, 0.717) is 15.9 Å². The zero-order chi connectivity index (χ0) is 13.1. The van der Waals surface area contributed by atoms with Crippen molar-refractivity contribution in [2.45, 2.75) is 5.88 Å². The van der Waals surface area contributed by atoms with Crippen molar-refractivity contribution in [3.8, 4) is 0 Å². The third-order valence-corrected chi connectivity index (χ3v) is 7.04. The molecule has 0 aromatic heterocycles. The van der Waals surface area contributed by atoms with Gasteiger partial charge in [0.15, 0.2) is 0 Å². The highest BCUT2D eigenvalue weighted by Crippen LogP contribution is 2.16. The molecule has 0 nitrogen and oxygen atoms in total. The minimum absolute atomic E-state index is 0.432. The lowest BCUT2D eigenvalue weighted by molar-refractivity contribution is -0.597. The van der Waals surface area contributed by atoms with E-state index in [2.05, 4.69) is 0 Å². The maximum atomic E-state index is 6.20. The molecule has 0 spiro atoms. The van der Waals surface area contributed by atoms with Gasteiger partial charge in [-0.1, -0.05) is 40.9 Å². The van der Waals surface area contributed by atoms with Crippen molar-refractivity contribution in [2.24, 2.45) is 0 Å². The average Bonchev–Trinajstić information content (AvgIpc) is 2.35. The molecular weight excluding hydrogens is 425 g/mol. The Labute approximate surface area is 136 Å². The third kappa shape index (κ3) is 3.67. The van der Waals surface area contributed by atoms with Gasteiger partial charge in [-0.25, -0.2) is 0 Å². The Morgan fingerprint density at radius 2 is 1.61 bits per heavy atom. The summed E-state index contributed by atoms with van der Waals surface area (Å²) in [6.07, 6.45) is 0. The molecule has 2 rings (SSSR count). The Balaban J connectivity index is 2.33. The third-order valence-electron chi connectivity index (χ3n) is 2.22. The maximum Gasteiger partial charge on any atom is 0.361 e. The van der Waals surface area contributed by atoms with Crippen LogP contribution in [0.2, 0.25) is 15.1 Å². The molecular formula is C13H8Cl4I+. The van der Waals surface area contributed by atoms with Crippen LogP contribution in [0.15, 0.2) is 36.4 Å². The van der Waals surface area contributed by atoms with Crippen LogP contribution < -0.4 is 21.2 Å². The summed E-state index contributed by atoms with van der Waals surface area (Å²) in [5, 5.41) is 2.11. The van der Waals surface area contributed by atoms with Gasteiger partial charge in [0.05, 0.1) is 10.0 Å². The number of benzene rings is 2. The van der Waals surface area contributed by atoms with E-state index < -0.39 is 21.2 Å². The first-order chi connectivity index (χ1) is 8.60. The topological polar surface area (TPSA) is 0 Å². The lowest BCUT2D eigenvalue weighted by Crippen LogP contribution is -3.61. The molecule has 0 saturated heterocycles. The fraction of sp³-hybridized carbons (Fsp3) is 0.0769. The molecule has 5 heteroatoms. The average molecular weight is 433 g/mol. The van der Waals surface area contributed by atoms with Crippen LogP contribution in [0, 0.1) is 7.14 Å². The minimum atomic E-state index is -0.432. The standard InChI is InChI=1S/C13H8Cl4I/c14-7-8-1-3-10(16)13(5-8)18-12-4-2-9(15)6-11(12)17/h1-6H,7H2/q+1. The number of hydrogen-bond acceptors (Lipinski definition) is 0. The Morgan fingerprint density at radius 1 is 0.833 bits per heavy atom. The van der Waals surface area contributed by atoms with Gasteiger partial charge in [-0.2, -0.15) is 0 Å². The van der Waals surface area contributed by atoms with Gasteiger partial charge in [-0.15, -0.1) is 11.6 Å². The molecule has 0 aliphatic rings. The molecule has 0 atom stereocenters. The van der Waals surface area contributed by atoms with Gasteiger partial charge in [0.2, 0.25) is 7.14 Å². The summed E-state index contributed by atoms with van der Waals surface area (Å²) in [5.41, 5.74) is 1.07. The number of hydrogen-bond donors (Lipinski definition) is 0. The summed E-state index contributed by atoms with van der Waals surface area (Å²) in [7, 11) is 0. The summed E-state index contributed by atoms with van der Waals surface area (Å²) < 4.78 is 2.23. The molecule has 0 heterocycles. The van der Waals surface area contributed by atoms with Crippen LogP contribution >= 0.6 is 46.4 Å². The number of halogens is 5. The Kier molecular flexibility index (Phi) is 5.46. The van der Waals surface area contributed by atoms with Crippen molar-refractivity contribution < 1.29 is 21.2 Å². The zero-order valence-corrected chi connectivity index (χ0v) is 14.2. The summed E-state index contributed by atoms with van der Waals surface area (Å²) in [6.45, 7) is 0. The largest absolute Gasteiger partial charge is 0.361 e. The van der Waals surface area contributed by atoms with Crippen molar-refractivity contribution in [1.29, 1.82) is 0 Å². The van der Waals surface area contributed by atoms with Crippen LogP contribution in [-0.2, 0) is 5.88 Å². The van der Waals surface area contributed by atoms with Gasteiger partial charge in [0.25, 0.3) is 0 Å². The van der Waals surface area contributed by atoms with Crippen LogP contribution in [0.25, 0.3) is 0 Å². The Hall–Kier alpha value is 0.330. The second kappa shape index (κ2) is 6.67. The smallest absolute Gasteiger partial charge is 0.122 e. The van der Waals surface area contributed by atoms with Gasteiger partial charge in [-0.05, 0) is 35.9 Å². The summed E-state index contributed by atoms with van der Waals surface area (Å²) >= 11 is 23.7. The van der Waals surface area contributed by atoms with Gasteiger partial charge < -0.3 is 0 Å². The normalized spacial score (nSPS) is 10.7. The fourth-order valence-corrected chi connectivity index (χ4v) is 4.92. The molecule has 2 aromatic rings. The molecule has 0 N–H and O–H groups in total.